The Morgan fingerprint density at radius 3 is 2.52 bits per heavy atom. The summed E-state index contributed by atoms with van der Waals surface area (Å²) in [6, 6.07) is 12.7. The molecule has 0 heterocycles. The second-order valence-corrected chi connectivity index (χ2v) is 7.57. The van der Waals surface area contributed by atoms with Crippen molar-refractivity contribution in [2.45, 2.75) is 18.7 Å². The number of esters is 1. The van der Waals surface area contributed by atoms with Gasteiger partial charge in [-0.3, -0.25) is 9.59 Å². The van der Waals surface area contributed by atoms with E-state index in [0.717, 1.165) is 11.1 Å². The van der Waals surface area contributed by atoms with Gasteiger partial charge in [-0.1, -0.05) is 35.9 Å². The number of aryl methyl sites for hydroxylation is 2. The van der Waals surface area contributed by atoms with Crippen molar-refractivity contribution in [2.24, 2.45) is 0 Å². The van der Waals surface area contributed by atoms with Crippen LogP contribution in [0.25, 0.3) is 0 Å². The molecule has 2 aromatic carbocycles. The zero-order chi connectivity index (χ0) is 20.0. The van der Waals surface area contributed by atoms with Crippen LogP contribution in [0.1, 0.15) is 27.0 Å². The number of Topliss-reactive ketones (excluding diaryl/α,β-unsaturated/α-hetero) is 1. The smallest absolute Gasteiger partial charge is 0.321 e. The molecule has 2 aromatic rings. The van der Waals surface area contributed by atoms with Crippen LogP contribution in [0.2, 0.25) is 0 Å². The van der Waals surface area contributed by atoms with Crippen molar-refractivity contribution in [3.05, 3.63) is 64.7 Å². The fourth-order valence-electron chi connectivity index (χ4n) is 2.43. The lowest BCUT2D eigenvalue weighted by atomic mass is 10.0. The van der Waals surface area contributed by atoms with Crippen molar-refractivity contribution < 1.29 is 22.7 Å². The van der Waals surface area contributed by atoms with Crippen molar-refractivity contribution in [1.82, 2.24) is 4.72 Å². The summed E-state index contributed by atoms with van der Waals surface area (Å²) in [7, 11) is -4.06. The number of hydrogen-bond acceptors (Lipinski definition) is 6. The van der Waals surface area contributed by atoms with Gasteiger partial charge in [0, 0.05) is 5.56 Å². The Labute approximate surface area is 157 Å². The number of benzene rings is 2. The van der Waals surface area contributed by atoms with Gasteiger partial charge in [0.2, 0.25) is 15.8 Å². The molecule has 7 nitrogen and oxygen atoms in total. The van der Waals surface area contributed by atoms with Gasteiger partial charge in [-0.15, -0.1) is 0 Å². The van der Waals surface area contributed by atoms with E-state index in [-0.39, 0.29) is 16.2 Å². The molecule has 8 heteroatoms. The number of nitriles is 1. The number of nitrogens with zero attached hydrogens (tertiary/aromatic N) is 1. The number of ketones is 1. The number of carbonyl (C=O) groups is 2. The molecule has 27 heavy (non-hydrogen) atoms. The number of carbonyl (C=O) groups excluding carboxylic acids is 2. The zero-order valence-corrected chi connectivity index (χ0v) is 15.7. The SMILES string of the molecule is Cc1ccc(C(=O)COC(=O)CNS(=O)(=O)c2ccccc2C#N)c(C)c1. The Balaban J connectivity index is 1.94. The number of rotatable bonds is 7. The van der Waals surface area contributed by atoms with Gasteiger partial charge >= 0.3 is 5.97 Å². The second kappa shape index (κ2) is 8.58. The molecule has 0 aliphatic heterocycles. The minimum atomic E-state index is -4.06. The average Bonchev–Trinajstić information content (AvgIpc) is 2.64. The predicted octanol–water partition coefficient (Wildman–Crippen LogP) is 1.88. The summed E-state index contributed by atoms with van der Waals surface area (Å²) in [5.41, 5.74) is 2.18. The molecule has 0 saturated carbocycles. The molecular formula is C19H18N2O5S. The third kappa shape index (κ3) is 5.23. The van der Waals surface area contributed by atoms with Crippen LogP contribution in [0.3, 0.4) is 0 Å². The van der Waals surface area contributed by atoms with E-state index in [9.17, 15) is 18.0 Å². The van der Waals surface area contributed by atoms with Gasteiger partial charge in [-0.05, 0) is 31.5 Å². The van der Waals surface area contributed by atoms with Crippen LogP contribution in [0.15, 0.2) is 47.4 Å². The van der Waals surface area contributed by atoms with Crippen LogP contribution in [0.4, 0.5) is 0 Å². The van der Waals surface area contributed by atoms with Gasteiger partial charge in [0.1, 0.15) is 12.6 Å². The van der Waals surface area contributed by atoms with Gasteiger partial charge < -0.3 is 4.74 Å². The maximum Gasteiger partial charge on any atom is 0.321 e. The minimum Gasteiger partial charge on any atom is -0.456 e. The molecular weight excluding hydrogens is 368 g/mol. The number of hydrogen-bond donors (Lipinski definition) is 1. The highest BCUT2D eigenvalue weighted by molar-refractivity contribution is 7.89. The molecule has 2 rings (SSSR count). The van der Waals surface area contributed by atoms with E-state index in [2.05, 4.69) is 4.72 Å². The van der Waals surface area contributed by atoms with Crippen molar-refractivity contribution in [3.8, 4) is 6.07 Å². The molecule has 0 aliphatic carbocycles. The molecule has 0 radical (unpaired) electrons. The average molecular weight is 386 g/mol. The Hall–Kier alpha value is -3.02. The lowest BCUT2D eigenvalue weighted by Crippen LogP contribution is -2.32. The van der Waals surface area contributed by atoms with Crippen molar-refractivity contribution in [3.63, 3.8) is 0 Å². The first kappa shape index (κ1) is 20.3. The van der Waals surface area contributed by atoms with Gasteiger partial charge in [-0.2, -0.15) is 9.98 Å². The van der Waals surface area contributed by atoms with Gasteiger partial charge in [0.15, 0.2) is 6.61 Å². The van der Waals surface area contributed by atoms with E-state index in [1.165, 1.54) is 24.3 Å². The van der Waals surface area contributed by atoms with Crippen LogP contribution in [0, 0.1) is 25.2 Å². The summed E-state index contributed by atoms with van der Waals surface area (Å²) in [5.74, 6) is -1.27. The number of nitrogens with one attached hydrogen (secondary N) is 1. The lowest BCUT2D eigenvalue weighted by molar-refractivity contribution is -0.141. The highest BCUT2D eigenvalue weighted by Gasteiger charge is 2.20. The molecule has 0 saturated heterocycles. The molecule has 1 N–H and O–H groups in total. The zero-order valence-electron chi connectivity index (χ0n) is 14.9. The number of ether oxygens (including phenoxy) is 1. The summed E-state index contributed by atoms with van der Waals surface area (Å²) in [6.07, 6.45) is 0. The molecule has 0 bridgehead atoms. The van der Waals surface area contributed by atoms with Crippen LogP contribution >= 0.6 is 0 Å². The highest BCUT2D eigenvalue weighted by atomic mass is 32.2. The largest absolute Gasteiger partial charge is 0.456 e. The molecule has 0 unspecified atom stereocenters. The van der Waals surface area contributed by atoms with E-state index in [1.807, 2.05) is 13.0 Å². The monoisotopic (exact) mass is 386 g/mol. The molecule has 140 valence electrons. The van der Waals surface area contributed by atoms with Crippen molar-refractivity contribution >= 4 is 21.8 Å². The van der Waals surface area contributed by atoms with Crippen LogP contribution < -0.4 is 4.72 Å². The molecule has 0 aliphatic rings. The van der Waals surface area contributed by atoms with E-state index in [4.69, 9.17) is 10.00 Å². The van der Waals surface area contributed by atoms with Crippen molar-refractivity contribution in [1.29, 1.82) is 5.26 Å². The van der Waals surface area contributed by atoms with Gasteiger partial charge in [0.25, 0.3) is 0 Å². The van der Waals surface area contributed by atoms with E-state index < -0.39 is 29.1 Å². The molecule has 0 amide bonds. The topological polar surface area (TPSA) is 113 Å². The lowest BCUT2D eigenvalue weighted by Gasteiger charge is -2.09. The van der Waals surface area contributed by atoms with Gasteiger partial charge in [0.05, 0.1) is 10.5 Å². The normalized spacial score (nSPS) is 10.9. The van der Waals surface area contributed by atoms with E-state index in [0.29, 0.717) is 5.56 Å². The first-order chi connectivity index (χ1) is 12.7. The Morgan fingerprint density at radius 2 is 1.85 bits per heavy atom. The highest BCUT2D eigenvalue weighted by Crippen LogP contribution is 2.14. The summed E-state index contributed by atoms with van der Waals surface area (Å²) in [4.78, 5) is 23.7. The molecule has 0 spiro atoms. The second-order valence-electron chi connectivity index (χ2n) is 5.83. The summed E-state index contributed by atoms with van der Waals surface area (Å²) < 4.78 is 31.3. The maximum atomic E-state index is 12.2. The summed E-state index contributed by atoms with van der Waals surface area (Å²) in [5, 5.41) is 8.98. The van der Waals surface area contributed by atoms with Crippen LogP contribution in [-0.4, -0.2) is 33.3 Å². The molecule has 0 aromatic heterocycles. The Bertz CT molecular complexity index is 1020. The van der Waals surface area contributed by atoms with Gasteiger partial charge in [-0.25, -0.2) is 8.42 Å². The Kier molecular flexibility index (Phi) is 6.45. The fraction of sp³-hybridized carbons (Fsp3) is 0.211. The number of sulfonamides is 1. The van der Waals surface area contributed by atoms with E-state index in [1.54, 1.807) is 25.1 Å². The molecule has 0 atom stereocenters. The van der Waals surface area contributed by atoms with Crippen LogP contribution in [-0.2, 0) is 19.6 Å². The summed E-state index contributed by atoms with van der Waals surface area (Å²) >= 11 is 0. The minimum absolute atomic E-state index is 0.0385. The Morgan fingerprint density at radius 1 is 1.15 bits per heavy atom. The maximum absolute atomic E-state index is 12.2. The molecule has 0 fully saturated rings. The summed E-state index contributed by atoms with van der Waals surface area (Å²) in [6.45, 7) is 2.54. The predicted molar refractivity (Wildman–Crippen MR) is 97.6 cm³/mol. The third-order valence-electron chi connectivity index (χ3n) is 3.75. The first-order valence-electron chi connectivity index (χ1n) is 7.99. The van der Waals surface area contributed by atoms with Crippen LogP contribution in [0.5, 0.6) is 0 Å². The van der Waals surface area contributed by atoms with E-state index >= 15 is 0 Å². The third-order valence-corrected chi connectivity index (χ3v) is 5.21. The fourth-order valence-corrected chi connectivity index (χ4v) is 3.55. The first-order valence-corrected chi connectivity index (χ1v) is 9.48. The standard InChI is InChI=1S/C19H18N2O5S/c1-13-7-8-16(14(2)9-13)17(22)12-26-19(23)11-21-27(24,25)18-6-4-3-5-15(18)10-20/h3-9,21H,11-12H2,1-2H3. The quantitative estimate of drug-likeness (QED) is 0.574. The van der Waals surface area contributed by atoms with Crippen molar-refractivity contribution in [2.75, 3.05) is 13.2 Å².